The lowest BCUT2D eigenvalue weighted by molar-refractivity contribution is 0.526. The zero-order valence-corrected chi connectivity index (χ0v) is 13.5. The number of hydrogen-bond acceptors (Lipinski definition) is 0. The van der Waals surface area contributed by atoms with Crippen LogP contribution >= 0.6 is 0 Å². The third-order valence-corrected chi connectivity index (χ3v) is 3.94. The molecule has 0 bridgehead atoms. The summed E-state index contributed by atoms with van der Waals surface area (Å²) in [5, 5.41) is 0. The van der Waals surface area contributed by atoms with Crippen molar-refractivity contribution < 1.29 is 8.78 Å². The Morgan fingerprint density at radius 3 is 2.59 bits per heavy atom. The Bertz CT molecular complexity index is 590. The standard InChI is InChI=1S/C20H24F2/c1-6-14(2)13-16(4)8-7-15(3)9-10-18-11-12-19(21)17(5)20(18)22/h1,11-12,16H,2-3,7-10,13H2,4-5H3. The molecule has 0 saturated heterocycles. The largest absolute Gasteiger partial charge is 0.207 e. The van der Waals surface area contributed by atoms with Crippen LogP contribution in [0.2, 0.25) is 0 Å². The Labute approximate surface area is 132 Å². The molecule has 118 valence electrons. The lowest BCUT2D eigenvalue weighted by Crippen LogP contribution is -2.00. The van der Waals surface area contributed by atoms with Gasteiger partial charge in [0.05, 0.1) is 0 Å². The fourth-order valence-electron chi connectivity index (χ4n) is 2.38. The lowest BCUT2D eigenvalue weighted by atomic mass is 9.93. The third-order valence-electron chi connectivity index (χ3n) is 3.94. The van der Waals surface area contributed by atoms with Gasteiger partial charge in [-0.1, -0.05) is 37.6 Å². The smallest absolute Gasteiger partial charge is 0.132 e. The van der Waals surface area contributed by atoms with Gasteiger partial charge in [-0.3, -0.25) is 0 Å². The average Bonchev–Trinajstić information content (AvgIpc) is 2.49. The summed E-state index contributed by atoms with van der Waals surface area (Å²) in [5.74, 6) is 2.08. The number of aryl methyl sites for hydroxylation is 1. The van der Waals surface area contributed by atoms with Gasteiger partial charge in [0.2, 0.25) is 0 Å². The monoisotopic (exact) mass is 302 g/mol. The van der Waals surface area contributed by atoms with Crippen LogP contribution in [0.3, 0.4) is 0 Å². The van der Waals surface area contributed by atoms with E-state index < -0.39 is 11.6 Å². The van der Waals surface area contributed by atoms with Gasteiger partial charge in [-0.05, 0) is 62.1 Å². The van der Waals surface area contributed by atoms with E-state index in [4.69, 9.17) is 6.42 Å². The van der Waals surface area contributed by atoms with Gasteiger partial charge in [0.25, 0.3) is 0 Å². The quantitative estimate of drug-likeness (QED) is 0.423. The van der Waals surface area contributed by atoms with Crippen molar-refractivity contribution in [2.24, 2.45) is 5.92 Å². The highest BCUT2D eigenvalue weighted by Crippen LogP contribution is 2.22. The van der Waals surface area contributed by atoms with Crippen molar-refractivity contribution >= 4 is 0 Å². The minimum absolute atomic E-state index is 0.0875. The average molecular weight is 302 g/mol. The molecule has 0 heterocycles. The maximum Gasteiger partial charge on any atom is 0.132 e. The summed E-state index contributed by atoms with van der Waals surface area (Å²) in [7, 11) is 0. The summed E-state index contributed by atoms with van der Waals surface area (Å²) in [5.41, 5.74) is 2.54. The van der Waals surface area contributed by atoms with E-state index in [1.807, 2.05) is 0 Å². The molecule has 0 aliphatic heterocycles. The van der Waals surface area contributed by atoms with Gasteiger partial charge < -0.3 is 0 Å². The van der Waals surface area contributed by atoms with Crippen LogP contribution in [0.15, 0.2) is 36.4 Å². The molecule has 1 aromatic carbocycles. The highest BCUT2D eigenvalue weighted by Gasteiger charge is 2.10. The van der Waals surface area contributed by atoms with Gasteiger partial charge in [0, 0.05) is 5.56 Å². The Kier molecular flexibility index (Phi) is 7.05. The summed E-state index contributed by atoms with van der Waals surface area (Å²) >= 11 is 0. The van der Waals surface area contributed by atoms with Crippen molar-refractivity contribution in [1.82, 2.24) is 0 Å². The molecule has 1 unspecified atom stereocenters. The highest BCUT2D eigenvalue weighted by atomic mass is 19.1. The van der Waals surface area contributed by atoms with E-state index in [1.54, 1.807) is 0 Å². The van der Waals surface area contributed by atoms with Crippen LogP contribution in [0.1, 0.15) is 43.7 Å². The first kappa shape index (κ1) is 18.2. The first-order valence-corrected chi connectivity index (χ1v) is 7.59. The van der Waals surface area contributed by atoms with Crippen LogP contribution in [0.25, 0.3) is 0 Å². The molecule has 0 aromatic heterocycles. The molecular formula is C20H24F2. The van der Waals surface area contributed by atoms with Crippen LogP contribution in [0.4, 0.5) is 8.78 Å². The van der Waals surface area contributed by atoms with E-state index >= 15 is 0 Å². The molecule has 0 fully saturated rings. The molecular weight excluding hydrogens is 278 g/mol. The van der Waals surface area contributed by atoms with E-state index in [1.165, 1.54) is 19.1 Å². The molecule has 0 N–H and O–H groups in total. The zero-order chi connectivity index (χ0) is 16.7. The maximum atomic E-state index is 13.9. The van der Waals surface area contributed by atoms with Crippen molar-refractivity contribution in [3.63, 3.8) is 0 Å². The van der Waals surface area contributed by atoms with E-state index in [9.17, 15) is 8.78 Å². The molecule has 1 rings (SSSR count). The Morgan fingerprint density at radius 2 is 1.95 bits per heavy atom. The van der Waals surface area contributed by atoms with Crippen molar-refractivity contribution in [3.8, 4) is 12.3 Å². The summed E-state index contributed by atoms with van der Waals surface area (Å²) in [6.45, 7) is 11.5. The van der Waals surface area contributed by atoms with Crippen LogP contribution in [0, 0.1) is 36.8 Å². The molecule has 0 spiro atoms. The molecule has 1 aromatic rings. The van der Waals surface area contributed by atoms with E-state index in [0.29, 0.717) is 24.3 Å². The van der Waals surface area contributed by atoms with Gasteiger partial charge in [0.1, 0.15) is 11.6 Å². The molecule has 0 aliphatic carbocycles. The van der Waals surface area contributed by atoms with E-state index in [-0.39, 0.29) is 5.56 Å². The highest BCUT2D eigenvalue weighted by molar-refractivity contribution is 5.27. The number of halogens is 2. The van der Waals surface area contributed by atoms with Crippen molar-refractivity contribution in [3.05, 3.63) is 59.2 Å². The Balaban J connectivity index is 2.43. The summed E-state index contributed by atoms with van der Waals surface area (Å²) in [6, 6.07) is 2.84. The minimum atomic E-state index is -0.498. The first-order valence-electron chi connectivity index (χ1n) is 7.59. The van der Waals surface area contributed by atoms with Crippen LogP contribution in [0.5, 0.6) is 0 Å². The second-order valence-electron chi connectivity index (χ2n) is 5.99. The molecule has 0 amide bonds. The first-order chi connectivity index (χ1) is 10.3. The molecule has 2 heteroatoms. The van der Waals surface area contributed by atoms with Gasteiger partial charge in [-0.15, -0.1) is 6.42 Å². The fourth-order valence-corrected chi connectivity index (χ4v) is 2.38. The van der Waals surface area contributed by atoms with Crippen molar-refractivity contribution in [1.29, 1.82) is 0 Å². The zero-order valence-electron chi connectivity index (χ0n) is 13.5. The molecule has 0 aliphatic rings. The molecule has 1 atom stereocenters. The Hall–Kier alpha value is -1.88. The number of benzene rings is 1. The number of terminal acetylenes is 1. The number of hydrogen-bond donors (Lipinski definition) is 0. The van der Waals surface area contributed by atoms with Crippen LogP contribution in [-0.2, 0) is 6.42 Å². The predicted octanol–water partition coefficient (Wildman–Crippen LogP) is 5.76. The van der Waals surface area contributed by atoms with Gasteiger partial charge in [-0.2, -0.15) is 0 Å². The number of allylic oxidation sites excluding steroid dienone is 2. The topological polar surface area (TPSA) is 0 Å². The van der Waals surface area contributed by atoms with Crippen molar-refractivity contribution in [2.45, 2.75) is 46.0 Å². The fraction of sp³-hybridized carbons (Fsp3) is 0.400. The van der Waals surface area contributed by atoms with E-state index in [2.05, 4.69) is 26.0 Å². The summed E-state index contributed by atoms with van der Waals surface area (Å²) in [4.78, 5) is 0. The van der Waals surface area contributed by atoms with Crippen LogP contribution in [-0.4, -0.2) is 0 Å². The normalized spacial score (nSPS) is 11.8. The SMILES string of the molecule is C#CC(=C)CC(C)CCC(=C)CCc1ccc(F)c(C)c1F. The van der Waals surface area contributed by atoms with E-state index in [0.717, 1.165) is 30.4 Å². The lowest BCUT2D eigenvalue weighted by Gasteiger charge is -2.12. The van der Waals surface area contributed by atoms with Gasteiger partial charge in [-0.25, -0.2) is 8.78 Å². The molecule has 22 heavy (non-hydrogen) atoms. The summed E-state index contributed by atoms with van der Waals surface area (Å²) < 4.78 is 27.1. The second-order valence-corrected chi connectivity index (χ2v) is 5.99. The number of rotatable bonds is 8. The predicted molar refractivity (Wildman–Crippen MR) is 89.5 cm³/mol. The second kappa shape index (κ2) is 8.54. The third kappa shape index (κ3) is 5.48. The van der Waals surface area contributed by atoms with Gasteiger partial charge >= 0.3 is 0 Å². The summed E-state index contributed by atoms with van der Waals surface area (Å²) in [6.07, 6.45) is 9.27. The van der Waals surface area contributed by atoms with Gasteiger partial charge in [0.15, 0.2) is 0 Å². The van der Waals surface area contributed by atoms with Crippen molar-refractivity contribution in [2.75, 3.05) is 0 Å². The molecule has 0 saturated carbocycles. The molecule has 0 nitrogen and oxygen atoms in total. The molecule has 0 radical (unpaired) electrons. The Morgan fingerprint density at radius 1 is 1.27 bits per heavy atom. The van der Waals surface area contributed by atoms with Crippen LogP contribution < -0.4 is 0 Å². The minimum Gasteiger partial charge on any atom is -0.207 e. The maximum absolute atomic E-state index is 13.9.